The molecule has 0 fully saturated rings. The molecule has 2 unspecified atom stereocenters. The number of rotatable bonds is 1. The van der Waals surface area contributed by atoms with Gasteiger partial charge in [0.05, 0.1) is 0 Å². The van der Waals surface area contributed by atoms with Gasteiger partial charge in [-0.2, -0.15) is 0 Å². The Labute approximate surface area is 76.9 Å². The van der Waals surface area contributed by atoms with Crippen LogP contribution in [0.2, 0.25) is 0 Å². The van der Waals surface area contributed by atoms with Crippen LogP contribution < -0.4 is 5.73 Å². The van der Waals surface area contributed by atoms with Crippen molar-refractivity contribution in [1.29, 1.82) is 0 Å². The number of allylic oxidation sites excluding steroid dienone is 1. The second-order valence-electron chi connectivity index (χ2n) is 3.23. The molecule has 0 aromatic carbocycles. The van der Waals surface area contributed by atoms with Gasteiger partial charge >= 0.3 is 0 Å². The quantitative estimate of drug-likeness (QED) is 0.659. The van der Waals surface area contributed by atoms with Crippen molar-refractivity contribution in [3.63, 3.8) is 0 Å². The van der Waals surface area contributed by atoms with E-state index in [1.807, 2.05) is 11.3 Å². The number of hydrogen-bond acceptors (Lipinski definition) is 2. The molecule has 0 saturated carbocycles. The topological polar surface area (TPSA) is 26.0 Å². The van der Waals surface area contributed by atoms with Gasteiger partial charge in [0.1, 0.15) is 0 Å². The van der Waals surface area contributed by atoms with Crippen molar-refractivity contribution in [3.05, 3.63) is 34.5 Å². The van der Waals surface area contributed by atoms with Gasteiger partial charge in [-0.25, -0.2) is 0 Å². The van der Waals surface area contributed by atoms with Crippen molar-refractivity contribution >= 4 is 11.3 Å². The van der Waals surface area contributed by atoms with E-state index < -0.39 is 0 Å². The molecule has 0 saturated heterocycles. The molecule has 64 valence electrons. The molecule has 12 heavy (non-hydrogen) atoms. The molecule has 0 amide bonds. The molecule has 1 aromatic rings. The van der Waals surface area contributed by atoms with Crippen LogP contribution in [0, 0.1) is 0 Å². The summed E-state index contributed by atoms with van der Waals surface area (Å²) >= 11 is 1.82. The number of thiophene rings is 1. The first-order valence-corrected chi connectivity index (χ1v) is 5.20. The lowest BCUT2D eigenvalue weighted by molar-refractivity contribution is 0.528. The van der Waals surface area contributed by atoms with Gasteiger partial charge in [-0.15, -0.1) is 11.3 Å². The average molecular weight is 179 g/mol. The Morgan fingerprint density at radius 2 is 2.17 bits per heavy atom. The van der Waals surface area contributed by atoms with Crippen LogP contribution in [0.4, 0.5) is 0 Å². The third-order valence-corrected chi connectivity index (χ3v) is 3.39. The lowest BCUT2D eigenvalue weighted by atomic mass is 9.88. The van der Waals surface area contributed by atoms with E-state index in [0.29, 0.717) is 12.0 Å². The average Bonchev–Trinajstić information content (AvgIpc) is 2.57. The lowest BCUT2D eigenvalue weighted by Crippen LogP contribution is -2.28. The van der Waals surface area contributed by atoms with Crippen LogP contribution in [0.25, 0.3) is 0 Å². The van der Waals surface area contributed by atoms with Gasteiger partial charge in [0, 0.05) is 16.8 Å². The highest BCUT2D eigenvalue weighted by Gasteiger charge is 2.20. The maximum absolute atomic E-state index is 6.03. The molecule has 1 heterocycles. The molecule has 0 aliphatic heterocycles. The van der Waals surface area contributed by atoms with Crippen molar-refractivity contribution in [3.8, 4) is 0 Å². The van der Waals surface area contributed by atoms with E-state index in [1.54, 1.807) is 0 Å². The third-order valence-electron chi connectivity index (χ3n) is 2.39. The molecule has 0 radical (unpaired) electrons. The van der Waals surface area contributed by atoms with Gasteiger partial charge in [0.15, 0.2) is 0 Å². The van der Waals surface area contributed by atoms with Gasteiger partial charge in [-0.05, 0) is 24.3 Å². The maximum Gasteiger partial charge on any atom is 0.0153 e. The molecular formula is C10H13NS. The maximum atomic E-state index is 6.03. The Morgan fingerprint density at radius 1 is 1.33 bits per heavy atom. The van der Waals surface area contributed by atoms with Gasteiger partial charge in [-0.3, -0.25) is 0 Å². The van der Waals surface area contributed by atoms with Crippen LogP contribution in [-0.2, 0) is 0 Å². The first kappa shape index (κ1) is 8.02. The minimum Gasteiger partial charge on any atom is -0.327 e. The third kappa shape index (κ3) is 1.45. The normalized spacial score (nSPS) is 29.1. The molecule has 0 spiro atoms. The summed E-state index contributed by atoms with van der Waals surface area (Å²) in [5, 5.41) is 2.13. The standard InChI is InChI=1S/C10H13NS/c11-9-5-2-1-4-8(9)10-6-3-7-12-10/h1-3,6-9H,4-5,11H2. The van der Waals surface area contributed by atoms with Gasteiger partial charge in [0.25, 0.3) is 0 Å². The van der Waals surface area contributed by atoms with Crippen molar-refractivity contribution in [2.24, 2.45) is 5.73 Å². The Balaban J connectivity index is 2.18. The zero-order valence-electron chi connectivity index (χ0n) is 6.94. The fraction of sp³-hybridized carbons (Fsp3) is 0.400. The van der Waals surface area contributed by atoms with Crippen LogP contribution in [-0.4, -0.2) is 6.04 Å². The Hall–Kier alpha value is -0.600. The number of nitrogens with two attached hydrogens (primary N) is 1. The molecule has 2 atom stereocenters. The fourth-order valence-corrected chi connectivity index (χ4v) is 2.58. The Morgan fingerprint density at radius 3 is 2.83 bits per heavy atom. The largest absolute Gasteiger partial charge is 0.327 e. The van der Waals surface area contributed by atoms with E-state index in [-0.39, 0.29) is 0 Å². The first-order chi connectivity index (χ1) is 5.88. The Kier molecular flexibility index (Phi) is 2.28. The minimum atomic E-state index is 0.327. The van der Waals surface area contributed by atoms with Crippen molar-refractivity contribution < 1.29 is 0 Å². The molecule has 1 aliphatic carbocycles. The number of hydrogen-bond donors (Lipinski definition) is 1. The predicted molar refractivity (Wildman–Crippen MR) is 53.4 cm³/mol. The summed E-state index contributed by atoms with van der Waals surface area (Å²) in [6, 6.07) is 4.62. The minimum absolute atomic E-state index is 0.327. The van der Waals surface area contributed by atoms with Crippen LogP contribution in [0.1, 0.15) is 23.6 Å². The van der Waals surface area contributed by atoms with E-state index in [4.69, 9.17) is 5.73 Å². The highest BCUT2D eigenvalue weighted by atomic mass is 32.1. The zero-order chi connectivity index (χ0) is 8.39. The summed E-state index contributed by atoms with van der Waals surface area (Å²) in [6.45, 7) is 0. The first-order valence-electron chi connectivity index (χ1n) is 4.32. The monoisotopic (exact) mass is 179 g/mol. The van der Waals surface area contributed by atoms with E-state index in [1.165, 1.54) is 4.88 Å². The lowest BCUT2D eigenvalue weighted by Gasteiger charge is -2.23. The van der Waals surface area contributed by atoms with E-state index >= 15 is 0 Å². The van der Waals surface area contributed by atoms with Crippen LogP contribution >= 0.6 is 11.3 Å². The second kappa shape index (κ2) is 3.42. The SMILES string of the molecule is NC1CC=CCC1c1cccs1. The summed E-state index contributed by atoms with van der Waals surface area (Å²) in [4.78, 5) is 1.44. The van der Waals surface area contributed by atoms with Crippen molar-refractivity contribution in [2.45, 2.75) is 24.8 Å². The van der Waals surface area contributed by atoms with Crippen LogP contribution in [0.15, 0.2) is 29.7 Å². The molecule has 2 N–H and O–H groups in total. The second-order valence-corrected chi connectivity index (χ2v) is 4.21. The molecule has 0 bridgehead atoms. The molecular weight excluding hydrogens is 166 g/mol. The van der Waals surface area contributed by atoms with E-state index in [2.05, 4.69) is 29.7 Å². The van der Waals surface area contributed by atoms with Gasteiger partial charge < -0.3 is 5.73 Å². The highest BCUT2D eigenvalue weighted by molar-refractivity contribution is 7.10. The summed E-state index contributed by atoms with van der Waals surface area (Å²) in [5.74, 6) is 0.565. The van der Waals surface area contributed by atoms with Crippen LogP contribution in [0.5, 0.6) is 0 Å². The van der Waals surface area contributed by atoms with Crippen LogP contribution in [0.3, 0.4) is 0 Å². The molecule has 2 heteroatoms. The smallest absolute Gasteiger partial charge is 0.0153 e. The molecule has 1 aliphatic rings. The summed E-state index contributed by atoms with van der Waals surface area (Å²) < 4.78 is 0. The summed E-state index contributed by atoms with van der Waals surface area (Å²) in [6.07, 6.45) is 6.58. The van der Waals surface area contributed by atoms with Gasteiger partial charge in [0.2, 0.25) is 0 Å². The van der Waals surface area contributed by atoms with E-state index in [9.17, 15) is 0 Å². The van der Waals surface area contributed by atoms with Crippen molar-refractivity contribution in [1.82, 2.24) is 0 Å². The van der Waals surface area contributed by atoms with Gasteiger partial charge in [-0.1, -0.05) is 18.2 Å². The molecule has 1 aromatic heterocycles. The zero-order valence-corrected chi connectivity index (χ0v) is 7.76. The molecule has 1 nitrogen and oxygen atoms in total. The van der Waals surface area contributed by atoms with Crippen molar-refractivity contribution in [2.75, 3.05) is 0 Å². The highest BCUT2D eigenvalue weighted by Crippen LogP contribution is 2.30. The summed E-state index contributed by atoms with van der Waals surface area (Å²) in [7, 11) is 0. The fourth-order valence-electron chi connectivity index (χ4n) is 1.66. The molecule has 2 rings (SSSR count). The summed E-state index contributed by atoms with van der Waals surface area (Å²) in [5.41, 5.74) is 6.03. The predicted octanol–water partition coefficient (Wildman–Crippen LogP) is 2.51. The Bertz CT molecular complexity index is 263. The van der Waals surface area contributed by atoms with E-state index in [0.717, 1.165) is 12.8 Å².